The second-order valence-electron chi connectivity index (χ2n) is 6.33. The summed E-state index contributed by atoms with van der Waals surface area (Å²) in [5.41, 5.74) is 2.24. The lowest BCUT2D eigenvalue weighted by molar-refractivity contribution is -0.116. The van der Waals surface area contributed by atoms with E-state index in [1.165, 1.54) is 0 Å². The largest absolute Gasteiger partial charge is 0.376 e. The summed E-state index contributed by atoms with van der Waals surface area (Å²) in [6.07, 6.45) is 1.17. The van der Waals surface area contributed by atoms with Gasteiger partial charge in [-0.25, -0.2) is 0 Å². The highest BCUT2D eigenvalue weighted by atomic mass is 35.5. The molecule has 7 nitrogen and oxygen atoms in total. The van der Waals surface area contributed by atoms with E-state index in [2.05, 4.69) is 21.3 Å². The van der Waals surface area contributed by atoms with Crippen molar-refractivity contribution in [2.75, 3.05) is 29.0 Å². The van der Waals surface area contributed by atoms with Crippen LogP contribution in [-0.4, -0.2) is 30.8 Å². The summed E-state index contributed by atoms with van der Waals surface area (Å²) in [5.74, 6) is -0.529. The fourth-order valence-electron chi connectivity index (χ4n) is 2.53. The fourth-order valence-corrected chi connectivity index (χ4v) is 2.69. The van der Waals surface area contributed by atoms with Gasteiger partial charge in [0.15, 0.2) is 0 Å². The molecule has 0 fully saturated rings. The van der Waals surface area contributed by atoms with Crippen LogP contribution in [0.3, 0.4) is 0 Å². The van der Waals surface area contributed by atoms with Gasteiger partial charge >= 0.3 is 0 Å². The number of amides is 3. The molecule has 0 aliphatic heterocycles. The Morgan fingerprint density at radius 1 is 0.897 bits per heavy atom. The predicted molar refractivity (Wildman–Crippen MR) is 117 cm³/mol. The van der Waals surface area contributed by atoms with E-state index in [0.29, 0.717) is 40.6 Å². The molecule has 2 aromatic carbocycles. The van der Waals surface area contributed by atoms with Gasteiger partial charge in [0.2, 0.25) is 11.8 Å². The molecule has 0 aromatic heterocycles. The second-order valence-corrected chi connectivity index (χ2v) is 6.74. The molecule has 0 atom stereocenters. The Labute approximate surface area is 175 Å². The summed E-state index contributed by atoms with van der Waals surface area (Å²) in [6, 6.07) is 11.7. The zero-order chi connectivity index (χ0) is 21.2. The van der Waals surface area contributed by atoms with Gasteiger partial charge in [0.05, 0.1) is 17.3 Å². The number of benzene rings is 2. The number of carbonyl (C=O) groups is 3. The Morgan fingerprint density at radius 2 is 1.59 bits per heavy atom. The second kappa shape index (κ2) is 11.1. The van der Waals surface area contributed by atoms with Crippen molar-refractivity contribution >= 4 is 46.4 Å². The molecule has 2 rings (SSSR count). The van der Waals surface area contributed by atoms with E-state index in [1.807, 2.05) is 13.8 Å². The average molecular weight is 417 g/mol. The van der Waals surface area contributed by atoms with Gasteiger partial charge in [0.25, 0.3) is 5.91 Å². The highest BCUT2D eigenvalue weighted by Gasteiger charge is 2.09. The van der Waals surface area contributed by atoms with Crippen LogP contribution in [-0.2, 0) is 9.59 Å². The predicted octanol–water partition coefficient (Wildman–Crippen LogP) is 3.88. The zero-order valence-electron chi connectivity index (χ0n) is 16.5. The minimum absolute atomic E-state index is 0.0171. The molecular formula is C21H25ClN4O3. The number of hydrogen-bond acceptors (Lipinski definition) is 4. The molecule has 2 aromatic rings. The van der Waals surface area contributed by atoms with Crippen molar-refractivity contribution in [3.8, 4) is 0 Å². The van der Waals surface area contributed by atoms with Crippen LogP contribution in [0.2, 0.25) is 5.02 Å². The zero-order valence-corrected chi connectivity index (χ0v) is 17.2. The summed E-state index contributed by atoms with van der Waals surface area (Å²) >= 11 is 6.14. The third kappa shape index (κ3) is 7.12. The molecule has 154 valence electrons. The number of nitrogens with one attached hydrogen (secondary N) is 4. The maximum atomic E-state index is 12.3. The molecule has 0 radical (unpaired) electrons. The quantitative estimate of drug-likeness (QED) is 0.498. The minimum Gasteiger partial charge on any atom is -0.376 e. The van der Waals surface area contributed by atoms with Crippen LogP contribution in [0.4, 0.5) is 17.1 Å². The van der Waals surface area contributed by atoms with Crippen LogP contribution >= 0.6 is 11.6 Å². The van der Waals surface area contributed by atoms with E-state index in [4.69, 9.17) is 11.6 Å². The van der Waals surface area contributed by atoms with Crippen molar-refractivity contribution in [3.63, 3.8) is 0 Å². The smallest absolute Gasteiger partial charge is 0.251 e. The molecule has 0 bridgehead atoms. The Balaban J connectivity index is 1.92. The maximum absolute atomic E-state index is 12.3. The van der Waals surface area contributed by atoms with Gasteiger partial charge in [-0.3, -0.25) is 14.4 Å². The third-order valence-corrected chi connectivity index (χ3v) is 4.27. The molecule has 29 heavy (non-hydrogen) atoms. The first kappa shape index (κ1) is 22.2. The number of carbonyl (C=O) groups excluding carboxylic acids is 3. The monoisotopic (exact) mass is 416 g/mol. The molecule has 3 amide bonds. The van der Waals surface area contributed by atoms with Crippen molar-refractivity contribution < 1.29 is 14.4 Å². The molecule has 8 heteroatoms. The molecule has 0 spiro atoms. The number of hydrogen-bond donors (Lipinski definition) is 4. The fraction of sp³-hybridized carbons (Fsp3) is 0.286. The van der Waals surface area contributed by atoms with Gasteiger partial charge in [-0.15, -0.1) is 0 Å². The number of halogens is 1. The van der Waals surface area contributed by atoms with E-state index in [0.717, 1.165) is 6.42 Å². The van der Waals surface area contributed by atoms with Crippen LogP contribution in [0.5, 0.6) is 0 Å². The van der Waals surface area contributed by atoms with Crippen LogP contribution in [0.25, 0.3) is 0 Å². The summed E-state index contributed by atoms with van der Waals surface area (Å²) in [5, 5.41) is 11.6. The highest BCUT2D eigenvalue weighted by Crippen LogP contribution is 2.25. The normalized spacial score (nSPS) is 10.2. The maximum Gasteiger partial charge on any atom is 0.251 e. The number of rotatable bonds is 9. The average Bonchev–Trinajstić information content (AvgIpc) is 2.69. The molecular weight excluding hydrogens is 392 g/mol. The molecule has 0 saturated carbocycles. The summed E-state index contributed by atoms with van der Waals surface area (Å²) < 4.78 is 0. The van der Waals surface area contributed by atoms with Crippen LogP contribution < -0.4 is 21.3 Å². The summed E-state index contributed by atoms with van der Waals surface area (Å²) in [4.78, 5) is 35.7. The van der Waals surface area contributed by atoms with E-state index in [1.54, 1.807) is 42.5 Å². The van der Waals surface area contributed by atoms with Gasteiger partial charge in [0, 0.05) is 29.9 Å². The first-order valence-corrected chi connectivity index (χ1v) is 9.82. The van der Waals surface area contributed by atoms with Crippen molar-refractivity contribution in [2.45, 2.75) is 26.7 Å². The van der Waals surface area contributed by atoms with Crippen molar-refractivity contribution in [1.82, 2.24) is 5.32 Å². The van der Waals surface area contributed by atoms with Crippen LogP contribution in [0.15, 0.2) is 42.5 Å². The van der Waals surface area contributed by atoms with Gasteiger partial charge < -0.3 is 21.3 Å². The van der Waals surface area contributed by atoms with Crippen LogP contribution in [0, 0.1) is 0 Å². The Bertz CT molecular complexity index is 869. The molecule has 0 aliphatic rings. The van der Waals surface area contributed by atoms with Crippen LogP contribution in [0.1, 0.15) is 37.0 Å². The van der Waals surface area contributed by atoms with E-state index in [9.17, 15) is 14.4 Å². The van der Waals surface area contributed by atoms with Gasteiger partial charge in [-0.2, -0.15) is 0 Å². The minimum atomic E-state index is -0.295. The lowest BCUT2D eigenvalue weighted by Crippen LogP contribution is -2.23. The molecule has 0 heterocycles. The highest BCUT2D eigenvalue weighted by molar-refractivity contribution is 6.33. The molecule has 4 N–H and O–H groups in total. The summed E-state index contributed by atoms with van der Waals surface area (Å²) in [6.45, 7) is 4.36. The van der Waals surface area contributed by atoms with Crippen molar-refractivity contribution in [3.05, 3.63) is 53.1 Å². The first-order chi connectivity index (χ1) is 13.9. The van der Waals surface area contributed by atoms with E-state index in [-0.39, 0.29) is 24.3 Å². The standard InChI is InChI=1S/C21H25ClN4O3/c1-3-5-19(27)25-16-10-11-17(22)18(12-16)26-20(28)13-24-15-8-6-14(7-9-15)21(29)23-4-2/h6-12,24H,3-5,13H2,1-2H3,(H,23,29)(H,25,27)(H,26,28). The van der Waals surface area contributed by atoms with Gasteiger partial charge in [0.1, 0.15) is 0 Å². The Morgan fingerprint density at radius 3 is 2.24 bits per heavy atom. The lowest BCUT2D eigenvalue weighted by Gasteiger charge is -2.12. The Kier molecular flexibility index (Phi) is 8.48. The van der Waals surface area contributed by atoms with Gasteiger partial charge in [-0.05, 0) is 55.8 Å². The Hall–Kier alpha value is -3.06. The molecule has 0 aliphatic carbocycles. The van der Waals surface area contributed by atoms with Crippen molar-refractivity contribution in [2.24, 2.45) is 0 Å². The SMILES string of the molecule is CCCC(=O)Nc1ccc(Cl)c(NC(=O)CNc2ccc(C(=O)NCC)cc2)c1. The van der Waals surface area contributed by atoms with E-state index < -0.39 is 0 Å². The van der Waals surface area contributed by atoms with Crippen molar-refractivity contribution in [1.29, 1.82) is 0 Å². The lowest BCUT2D eigenvalue weighted by atomic mass is 10.2. The summed E-state index contributed by atoms with van der Waals surface area (Å²) in [7, 11) is 0. The number of anilines is 3. The van der Waals surface area contributed by atoms with Gasteiger partial charge in [-0.1, -0.05) is 18.5 Å². The molecule has 0 saturated heterocycles. The first-order valence-electron chi connectivity index (χ1n) is 9.44. The molecule has 0 unspecified atom stereocenters. The van der Waals surface area contributed by atoms with E-state index >= 15 is 0 Å². The topological polar surface area (TPSA) is 99.3 Å². The third-order valence-electron chi connectivity index (χ3n) is 3.94.